The van der Waals surface area contributed by atoms with E-state index in [4.69, 9.17) is 4.42 Å². The van der Waals surface area contributed by atoms with Crippen molar-refractivity contribution in [3.63, 3.8) is 0 Å². The fraction of sp³-hybridized carbons (Fsp3) is 0.619. The number of likely N-dealkylation sites (N-methyl/N-ethyl adjacent to an activating group) is 1. The van der Waals surface area contributed by atoms with Crippen LogP contribution in [-0.2, 0) is 20.8 Å². The average molecular weight is 418 g/mol. The SMILES string of the molecule is CC[C@H](CNC(=O)C1CCC2(CC1)NC(=O)N(C)C2=O)NC(=O)CCc1ccoc1. The lowest BCUT2D eigenvalue weighted by molar-refractivity contribution is -0.134. The Kier molecular flexibility index (Phi) is 6.79. The van der Waals surface area contributed by atoms with Gasteiger partial charge in [-0.1, -0.05) is 6.92 Å². The summed E-state index contributed by atoms with van der Waals surface area (Å²) in [4.78, 5) is 50.0. The molecule has 1 aromatic rings. The van der Waals surface area contributed by atoms with Crippen LogP contribution in [0.3, 0.4) is 0 Å². The summed E-state index contributed by atoms with van der Waals surface area (Å²) in [6, 6.07) is 1.32. The van der Waals surface area contributed by atoms with E-state index in [1.807, 2.05) is 13.0 Å². The van der Waals surface area contributed by atoms with E-state index in [1.165, 1.54) is 7.05 Å². The molecule has 2 aliphatic rings. The standard InChI is InChI=1S/C21H30N4O5/c1-3-16(23-17(26)5-4-14-8-11-30-13-14)12-22-18(27)15-6-9-21(10-7-15)19(28)25(2)20(29)24-21/h8,11,13,15-16H,3-7,9-10,12H2,1-2H3,(H,22,27)(H,23,26)(H,24,29)/t15?,16-,21?/m1/s1. The zero-order chi connectivity index (χ0) is 21.7. The Labute approximate surface area is 175 Å². The summed E-state index contributed by atoms with van der Waals surface area (Å²) >= 11 is 0. The van der Waals surface area contributed by atoms with E-state index in [9.17, 15) is 19.2 Å². The number of hydrogen-bond acceptors (Lipinski definition) is 5. The number of carbonyl (C=O) groups is 4. The molecule has 1 aromatic heterocycles. The molecule has 0 bridgehead atoms. The third-order valence-electron chi connectivity index (χ3n) is 6.18. The van der Waals surface area contributed by atoms with Gasteiger partial charge in [0.25, 0.3) is 5.91 Å². The molecule has 0 radical (unpaired) electrons. The lowest BCUT2D eigenvalue weighted by Gasteiger charge is -2.34. The largest absolute Gasteiger partial charge is 0.472 e. The first-order valence-electron chi connectivity index (χ1n) is 10.5. The normalized spacial score (nSPS) is 24.6. The topological polar surface area (TPSA) is 121 Å². The summed E-state index contributed by atoms with van der Waals surface area (Å²) in [5.74, 6) is -0.534. The molecule has 1 spiro atoms. The molecule has 9 heteroatoms. The van der Waals surface area contributed by atoms with Crippen LogP contribution in [0.1, 0.15) is 51.0 Å². The molecular formula is C21H30N4O5. The lowest BCUT2D eigenvalue weighted by Crippen LogP contribution is -2.51. The zero-order valence-electron chi connectivity index (χ0n) is 17.5. The van der Waals surface area contributed by atoms with Gasteiger partial charge in [-0.05, 0) is 50.2 Å². The Hall–Kier alpha value is -2.84. The summed E-state index contributed by atoms with van der Waals surface area (Å²) in [6.45, 7) is 2.33. The van der Waals surface area contributed by atoms with E-state index >= 15 is 0 Å². The highest BCUT2D eigenvalue weighted by Gasteiger charge is 2.51. The van der Waals surface area contributed by atoms with Crippen molar-refractivity contribution in [1.29, 1.82) is 0 Å². The van der Waals surface area contributed by atoms with Crippen LogP contribution in [0.2, 0.25) is 0 Å². The molecule has 164 valence electrons. The van der Waals surface area contributed by atoms with E-state index in [2.05, 4.69) is 16.0 Å². The maximum atomic E-state index is 12.6. The third kappa shape index (κ3) is 4.83. The quantitative estimate of drug-likeness (QED) is 0.550. The van der Waals surface area contributed by atoms with Crippen LogP contribution in [0, 0.1) is 5.92 Å². The number of nitrogens with zero attached hydrogens (tertiary/aromatic N) is 1. The maximum absolute atomic E-state index is 12.6. The van der Waals surface area contributed by atoms with Crippen molar-refractivity contribution in [2.45, 2.75) is 63.5 Å². The number of urea groups is 1. The van der Waals surface area contributed by atoms with Gasteiger partial charge in [0.05, 0.1) is 12.5 Å². The average Bonchev–Trinajstić information content (AvgIpc) is 3.34. The van der Waals surface area contributed by atoms with Gasteiger partial charge in [0.15, 0.2) is 0 Å². The molecule has 3 rings (SSSR count). The van der Waals surface area contributed by atoms with Crippen LogP contribution in [0.4, 0.5) is 4.79 Å². The minimum Gasteiger partial charge on any atom is -0.472 e. The molecule has 2 heterocycles. The van der Waals surface area contributed by atoms with E-state index < -0.39 is 5.54 Å². The van der Waals surface area contributed by atoms with Gasteiger partial charge >= 0.3 is 6.03 Å². The molecule has 1 saturated carbocycles. The van der Waals surface area contributed by atoms with E-state index in [1.54, 1.807) is 12.5 Å². The highest BCUT2D eigenvalue weighted by Crippen LogP contribution is 2.36. The molecule has 1 saturated heterocycles. The zero-order valence-corrected chi connectivity index (χ0v) is 17.5. The van der Waals surface area contributed by atoms with Crippen LogP contribution in [-0.4, -0.2) is 53.8 Å². The van der Waals surface area contributed by atoms with E-state index in [-0.39, 0.29) is 35.7 Å². The van der Waals surface area contributed by atoms with Gasteiger partial charge in [0.2, 0.25) is 11.8 Å². The molecule has 3 N–H and O–H groups in total. The van der Waals surface area contributed by atoms with Crippen LogP contribution in [0.25, 0.3) is 0 Å². The highest BCUT2D eigenvalue weighted by molar-refractivity contribution is 6.06. The second-order valence-corrected chi connectivity index (χ2v) is 8.20. The first kappa shape index (κ1) is 21.9. The monoisotopic (exact) mass is 418 g/mol. The fourth-order valence-electron chi connectivity index (χ4n) is 4.13. The molecule has 30 heavy (non-hydrogen) atoms. The summed E-state index contributed by atoms with van der Waals surface area (Å²) < 4.78 is 5.00. The summed E-state index contributed by atoms with van der Waals surface area (Å²) in [7, 11) is 1.47. The number of hydrogen-bond donors (Lipinski definition) is 3. The van der Waals surface area contributed by atoms with Crippen molar-refractivity contribution in [2.75, 3.05) is 13.6 Å². The van der Waals surface area contributed by atoms with Crippen molar-refractivity contribution in [3.8, 4) is 0 Å². The van der Waals surface area contributed by atoms with Gasteiger partial charge in [-0.3, -0.25) is 19.3 Å². The minimum absolute atomic E-state index is 0.0588. The molecule has 1 atom stereocenters. The molecular weight excluding hydrogens is 388 g/mol. The van der Waals surface area contributed by atoms with Crippen LogP contribution in [0.5, 0.6) is 0 Å². The Balaban J connectivity index is 1.40. The van der Waals surface area contributed by atoms with E-state index in [0.717, 1.165) is 10.5 Å². The second-order valence-electron chi connectivity index (χ2n) is 8.20. The number of amides is 5. The maximum Gasteiger partial charge on any atom is 0.324 e. The number of carbonyl (C=O) groups excluding carboxylic acids is 4. The third-order valence-corrected chi connectivity index (χ3v) is 6.18. The summed E-state index contributed by atoms with van der Waals surface area (Å²) in [5.41, 5.74) is 0.127. The number of furan rings is 1. The molecule has 9 nitrogen and oxygen atoms in total. The number of nitrogens with one attached hydrogen (secondary N) is 3. The minimum atomic E-state index is -0.850. The smallest absolute Gasteiger partial charge is 0.324 e. The van der Waals surface area contributed by atoms with Crippen molar-refractivity contribution >= 4 is 23.8 Å². The molecule has 1 aliphatic heterocycles. The predicted octanol–water partition coefficient (Wildman–Crippen LogP) is 1.33. The van der Waals surface area contributed by atoms with Gasteiger partial charge in [0.1, 0.15) is 5.54 Å². The van der Waals surface area contributed by atoms with Crippen LogP contribution >= 0.6 is 0 Å². The van der Waals surface area contributed by atoms with Crippen LogP contribution < -0.4 is 16.0 Å². The molecule has 2 fully saturated rings. The highest BCUT2D eigenvalue weighted by atomic mass is 16.3. The number of rotatable bonds is 8. The van der Waals surface area contributed by atoms with Gasteiger partial charge in [-0.25, -0.2) is 4.79 Å². The van der Waals surface area contributed by atoms with Gasteiger partial charge in [-0.2, -0.15) is 0 Å². The Bertz CT molecular complexity index is 783. The Morgan fingerprint density at radius 3 is 2.63 bits per heavy atom. The lowest BCUT2D eigenvalue weighted by atomic mass is 9.76. The van der Waals surface area contributed by atoms with Gasteiger partial charge in [-0.15, -0.1) is 0 Å². The number of aryl methyl sites for hydroxylation is 1. The summed E-state index contributed by atoms with van der Waals surface area (Å²) in [6.07, 6.45) is 6.89. The summed E-state index contributed by atoms with van der Waals surface area (Å²) in [5, 5.41) is 8.68. The molecule has 0 aromatic carbocycles. The van der Waals surface area contributed by atoms with Crippen molar-refractivity contribution in [1.82, 2.24) is 20.9 Å². The Morgan fingerprint density at radius 2 is 2.07 bits per heavy atom. The van der Waals surface area contributed by atoms with Crippen molar-refractivity contribution in [2.24, 2.45) is 5.92 Å². The first-order chi connectivity index (χ1) is 14.3. The van der Waals surface area contributed by atoms with Gasteiger partial charge in [0, 0.05) is 32.0 Å². The second kappa shape index (κ2) is 9.32. The van der Waals surface area contributed by atoms with Crippen molar-refractivity contribution in [3.05, 3.63) is 24.2 Å². The fourth-order valence-corrected chi connectivity index (χ4v) is 4.13. The molecule has 0 unspecified atom stereocenters. The molecule has 1 aliphatic carbocycles. The Morgan fingerprint density at radius 1 is 1.33 bits per heavy atom. The molecule has 5 amide bonds. The predicted molar refractivity (Wildman–Crippen MR) is 108 cm³/mol. The van der Waals surface area contributed by atoms with Crippen molar-refractivity contribution < 1.29 is 23.6 Å². The number of imide groups is 1. The van der Waals surface area contributed by atoms with Gasteiger partial charge < -0.3 is 20.4 Å². The first-order valence-corrected chi connectivity index (χ1v) is 10.5. The van der Waals surface area contributed by atoms with E-state index in [0.29, 0.717) is 51.5 Å². The van der Waals surface area contributed by atoms with Crippen LogP contribution in [0.15, 0.2) is 23.0 Å².